The van der Waals surface area contributed by atoms with Crippen molar-refractivity contribution < 1.29 is 8.42 Å². The van der Waals surface area contributed by atoms with E-state index in [9.17, 15) is 8.42 Å². The topological polar surface area (TPSA) is 80.4 Å². The van der Waals surface area contributed by atoms with Crippen LogP contribution in [0.3, 0.4) is 0 Å². The summed E-state index contributed by atoms with van der Waals surface area (Å²) >= 11 is 0. The second kappa shape index (κ2) is 6.91. The predicted octanol–water partition coefficient (Wildman–Crippen LogP) is 0.494. The van der Waals surface area contributed by atoms with E-state index in [4.69, 9.17) is 5.73 Å². The minimum Gasteiger partial charge on any atom is -0.352 e. The fraction of sp³-hybridized carbons (Fsp3) is 0.714. The first kappa shape index (κ1) is 16.5. The maximum atomic E-state index is 12.2. The van der Waals surface area contributed by atoms with E-state index < -0.39 is 10.0 Å². The Morgan fingerprint density at radius 2 is 2.00 bits per heavy atom. The Bertz CT molecular complexity index is 560. The summed E-state index contributed by atoms with van der Waals surface area (Å²) in [7, 11) is 0.513. The van der Waals surface area contributed by atoms with Gasteiger partial charge in [-0.1, -0.05) is 0 Å². The molecule has 1 aliphatic heterocycles. The van der Waals surface area contributed by atoms with Crippen LogP contribution >= 0.6 is 0 Å². The molecule has 0 spiro atoms. The molecule has 21 heavy (non-hydrogen) atoms. The fourth-order valence-corrected chi connectivity index (χ4v) is 3.90. The van der Waals surface area contributed by atoms with Gasteiger partial charge < -0.3 is 15.2 Å². The normalized spacial score (nSPS) is 18.2. The van der Waals surface area contributed by atoms with Gasteiger partial charge in [0.05, 0.1) is 4.90 Å². The Morgan fingerprint density at radius 1 is 1.33 bits per heavy atom. The maximum absolute atomic E-state index is 12.2. The van der Waals surface area contributed by atoms with Crippen molar-refractivity contribution in [1.82, 2.24) is 14.2 Å². The third-order valence-electron chi connectivity index (χ3n) is 4.29. The van der Waals surface area contributed by atoms with E-state index in [1.165, 1.54) is 0 Å². The number of likely N-dealkylation sites (tertiary alicyclic amines) is 1. The molecule has 0 unspecified atom stereocenters. The minimum atomic E-state index is -3.42. The van der Waals surface area contributed by atoms with Gasteiger partial charge in [0.25, 0.3) is 0 Å². The van der Waals surface area contributed by atoms with Crippen LogP contribution in [0.25, 0.3) is 0 Å². The van der Waals surface area contributed by atoms with Gasteiger partial charge in [-0.25, -0.2) is 13.1 Å². The molecule has 1 aromatic rings. The summed E-state index contributed by atoms with van der Waals surface area (Å²) in [6, 6.07) is 1.64. The molecular weight excluding hydrogens is 288 g/mol. The molecule has 0 aliphatic carbocycles. The average molecular weight is 314 g/mol. The van der Waals surface area contributed by atoms with Crippen molar-refractivity contribution in [2.45, 2.75) is 30.7 Å². The highest BCUT2D eigenvalue weighted by molar-refractivity contribution is 7.89. The molecule has 1 aromatic heterocycles. The molecule has 0 saturated carbocycles. The Labute approximate surface area is 127 Å². The number of aromatic nitrogens is 1. The molecule has 0 radical (unpaired) electrons. The maximum Gasteiger partial charge on any atom is 0.242 e. The van der Waals surface area contributed by atoms with E-state index in [2.05, 4.69) is 16.7 Å². The van der Waals surface area contributed by atoms with Crippen molar-refractivity contribution in [2.24, 2.45) is 18.7 Å². The SMILES string of the molecule is CN1CCC(CCNS(=O)(=O)c2cc(CN)n(C)c2)CC1. The summed E-state index contributed by atoms with van der Waals surface area (Å²) in [6.07, 6.45) is 4.82. The second-order valence-corrected chi connectivity index (χ2v) is 7.68. The van der Waals surface area contributed by atoms with Gasteiger partial charge in [0, 0.05) is 32.0 Å². The number of rotatable bonds is 6. The highest BCUT2D eigenvalue weighted by Crippen LogP contribution is 2.19. The van der Waals surface area contributed by atoms with Crippen molar-refractivity contribution >= 4 is 10.0 Å². The van der Waals surface area contributed by atoms with Crippen LogP contribution in [0.5, 0.6) is 0 Å². The zero-order valence-corrected chi connectivity index (χ0v) is 13.7. The molecule has 3 N–H and O–H groups in total. The van der Waals surface area contributed by atoms with E-state index in [0.29, 0.717) is 23.9 Å². The lowest BCUT2D eigenvalue weighted by atomic mass is 9.94. The number of aryl methyl sites for hydroxylation is 1. The van der Waals surface area contributed by atoms with Crippen LogP contribution in [0.4, 0.5) is 0 Å². The summed E-state index contributed by atoms with van der Waals surface area (Å²) < 4.78 is 28.9. The van der Waals surface area contributed by atoms with Gasteiger partial charge in [-0.15, -0.1) is 0 Å². The fourth-order valence-electron chi connectivity index (χ4n) is 2.76. The van der Waals surface area contributed by atoms with Gasteiger partial charge in [0.15, 0.2) is 0 Å². The van der Waals surface area contributed by atoms with Gasteiger partial charge in [-0.2, -0.15) is 0 Å². The Morgan fingerprint density at radius 3 is 2.57 bits per heavy atom. The Kier molecular flexibility index (Phi) is 5.43. The van der Waals surface area contributed by atoms with Gasteiger partial charge in [0.1, 0.15) is 0 Å². The zero-order chi connectivity index (χ0) is 15.5. The highest BCUT2D eigenvalue weighted by Gasteiger charge is 2.19. The predicted molar refractivity (Wildman–Crippen MR) is 83.3 cm³/mol. The molecule has 1 saturated heterocycles. The van der Waals surface area contributed by atoms with Crippen molar-refractivity contribution in [3.63, 3.8) is 0 Å². The van der Waals surface area contributed by atoms with Gasteiger partial charge in [0.2, 0.25) is 10.0 Å². The third-order valence-corrected chi connectivity index (χ3v) is 5.71. The average Bonchev–Trinajstić information content (AvgIpc) is 2.83. The summed E-state index contributed by atoms with van der Waals surface area (Å²) in [4.78, 5) is 2.62. The molecule has 0 bridgehead atoms. The summed E-state index contributed by atoms with van der Waals surface area (Å²) in [5, 5.41) is 0. The van der Waals surface area contributed by atoms with Crippen LogP contribution in [-0.2, 0) is 23.6 Å². The molecule has 7 heteroatoms. The van der Waals surface area contributed by atoms with Crippen LogP contribution in [0, 0.1) is 5.92 Å². The first-order chi connectivity index (χ1) is 9.92. The number of nitrogens with one attached hydrogen (secondary N) is 1. The quantitative estimate of drug-likeness (QED) is 0.801. The van der Waals surface area contributed by atoms with Crippen LogP contribution in [0.15, 0.2) is 17.2 Å². The van der Waals surface area contributed by atoms with E-state index in [1.54, 1.807) is 23.9 Å². The molecule has 120 valence electrons. The largest absolute Gasteiger partial charge is 0.352 e. The lowest BCUT2D eigenvalue weighted by Gasteiger charge is -2.28. The van der Waals surface area contributed by atoms with Crippen molar-refractivity contribution in [1.29, 1.82) is 0 Å². The molecule has 0 aromatic carbocycles. The van der Waals surface area contributed by atoms with Gasteiger partial charge >= 0.3 is 0 Å². The van der Waals surface area contributed by atoms with E-state index in [-0.39, 0.29) is 0 Å². The van der Waals surface area contributed by atoms with Gasteiger partial charge in [-0.3, -0.25) is 0 Å². The number of nitrogens with two attached hydrogens (primary N) is 1. The van der Waals surface area contributed by atoms with E-state index in [0.717, 1.165) is 38.0 Å². The van der Waals surface area contributed by atoms with Crippen LogP contribution in [0.1, 0.15) is 25.0 Å². The molecule has 2 heterocycles. The monoisotopic (exact) mass is 314 g/mol. The van der Waals surface area contributed by atoms with Crippen molar-refractivity contribution in [2.75, 3.05) is 26.7 Å². The Balaban J connectivity index is 1.86. The molecule has 1 aliphatic rings. The third kappa shape index (κ3) is 4.29. The molecule has 0 amide bonds. The molecule has 1 fully saturated rings. The van der Waals surface area contributed by atoms with E-state index >= 15 is 0 Å². The lowest BCUT2D eigenvalue weighted by molar-refractivity contribution is 0.213. The summed E-state index contributed by atoms with van der Waals surface area (Å²) in [6.45, 7) is 3.05. The number of piperidine rings is 1. The smallest absolute Gasteiger partial charge is 0.242 e. The van der Waals surface area contributed by atoms with E-state index in [1.807, 2.05) is 0 Å². The first-order valence-electron chi connectivity index (χ1n) is 7.46. The minimum absolute atomic E-state index is 0.300. The molecule has 6 nitrogen and oxygen atoms in total. The Hall–Kier alpha value is -0.890. The van der Waals surface area contributed by atoms with Crippen LogP contribution in [0.2, 0.25) is 0 Å². The van der Waals surface area contributed by atoms with Crippen molar-refractivity contribution in [3.8, 4) is 0 Å². The highest BCUT2D eigenvalue weighted by atomic mass is 32.2. The van der Waals surface area contributed by atoms with Gasteiger partial charge in [-0.05, 0) is 51.4 Å². The van der Waals surface area contributed by atoms with Crippen molar-refractivity contribution in [3.05, 3.63) is 18.0 Å². The number of nitrogens with zero attached hydrogens (tertiary/aromatic N) is 2. The lowest BCUT2D eigenvalue weighted by Crippen LogP contribution is -2.32. The molecule has 2 rings (SSSR count). The standard InChI is InChI=1S/C14H26N4O2S/c1-17-7-4-12(5-8-17)3-6-16-21(19,20)14-9-13(10-15)18(2)11-14/h9,11-12,16H,3-8,10,15H2,1-2H3. The van der Waals surface area contributed by atoms with Crippen LogP contribution < -0.4 is 10.5 Å². The number of sulfonamides is 1. The van der Waals surface area contributed by atoms with Crippen LogP contribution in [-0.4, -0.2) is 44.6 Å². The second-order valence-electron chi connectivity index (χ2n) is 5.92. The summed E-state index contributed by atoms with van der Waals surface area (Å²) in [5.74, 6) is 0.624. The zero-order valence-electron chi connectivity index (χ0n) is 12.9. The molecule has 0 atom stereocenters. The number of hydrogen-bond acceptors (Lipinski definition) is 4. The molecular formula is C14H26N4O2S. The summed E-state index contributed by atoms with van der Waals surface area (Å²) in [5.41, 5.74) is 6.39. The number of hydrogen-bond donors (Lipinski definition) is 2. The first-order valence-corrected chi connectivity index (χ1v) is 8.94.